The van der Waals surface area contributed by atoms with Gasteiger partial charge in [-0.25, -0.2) is 14.5 Å². The fourth-order valence-corrected chi connectivity index (χ4v) is 5.27. The molecule has 0 aliphatic heterocycles. The maximum atomic E-state index is 13.7. The van der Waals surface area contributed by atoms with E-state index in [-0.39, 0.29) is 30.0 Å². The zero-order valence-corrected chi connectivity index (χ0v) is 23.0. The minimum atomic E-state index is -0.491. The topological polar surface area (TPSA) is 108 Å². The average molecular weight is 529 g/mol. The highest BCUT2D eigenvalue weighted by atomic mass is 16.5. The standard InChI is InChI=1S/C30H36N6O3/c1-5-39-30(38)25-17-35(33-28(25)36(19(2)3)29(37)22-8-6-20(4)7-9-22)24-13-10-21(11-14-24)26-18-34-16-23(31)12-15-27(34)32-26/h10-20,22H,5-9,31H2,1-4H3. The Morgan fingerprint density at radius 2 is 1.77 bits per heavy atom. The van der Waals surface area contributed by atoms with Gasteiger partial charge < -0.3 is 14.9 Å². The molecule has 204 valence electrons. The second-order valence-corrected chi connectivity index (χ2v) is 10.7. The normalized spacial score (nSPS) is 17.5. The van der Waals surface area contributed by atoms with Crippen molar-refractivity contribution in [2.45, 2.75) is 59.4 Å². The van der Waals surface area contributed by atoms with Gasteiger partial charge in [-0.05, 0) is 76.6 Å². The second kappa shape index (κ2) is 10.9. The molecule has 5 rings (SSSR count). The molecule has 4 aromatic rings. The Kier molecular flexibility index (Phi) is 7.41. The minimum Gasteiger partial charge on any atom is -0.462 e. The summed E-state index contributed by atoms with van der Waals surface area (Å²) < 4.78 is 8.89. The van der Waals surface area contributed by atoms with Gasteiger partial charge in [-0.3, -0.25) is 9.69 Å². The zero-order chi connectivity index (χ0) is 27.7. The van der Waals surface area contributed by atoms with Crippen molar-refractivity contribution in [2.75, 3.05) is 17.2 Å². The van der Waals surface area contributed by atoms with E-state index in [1.807, 2.05) is 67.0 Å². The average Bonchev–Trinajstić information content (AvgIpc) is 3.54. The molecule has 39 heavy (non-hydrogen) atoms. The van der Waals surface area contributed by atoms with Gasteiger partial charge in [0.15, 0.2) is 5.82 Å². The number of hydrogen-bond acceptors (Lipinski definition) is 6. The van der Waals surface area contributed by atoms with Crippen LogP contribution in [-0.2, 0) is 9.53 Å². The van der Waals surface area contributed by atoms with E-state index in [0.717, 1.165) is 48.3 Å². The number of rotatable bonds is 7. The Hall–Kier alpha value is -4.14. The number of benzene rings is 1. The molecule has 3 aromatic heterocycles. The molecule has 2 N–H and O–H groups in total. The molecule has 0 bridgehead atoms. The summed E-state index contributed by atoms with van der Waals surface area (Å²) in [6.45, 7) is 8.14. The Morgan fingerprint density at radius 3 is 2.44 bits per heavy atom. The SMILES string of the molecule is CCOC(=O)c1cn(-c2ccc(-c3cn4cc(N)ccc4n3)cc2)nc1N(C(=O)C1CCC(C)CC1)C(C)C. The van der Waals surface area contributed by atoms with E-state index in [1.54, 1.807) is 22.7 Å². The molecular weight excluding hydrogens is 492 g/mol. The molecule has 1 saturated carbocycles. The lowest BCUT2D eigenvalue weighted by atomic mass is 9.82. The number of nitrogens with zero attached hydrogens (tertiary/aromatic N) is 5. The molecule has 1 fully saturated rings. The first-order valence-electron chi connectivity index (χ1n) is 13.7. The highest BCUT2D eigenvalue weighted by molar-refractivity contribution is 6.02. The first kappa shape index (κ1) is 26.5. The number of imidazole rings is 1. The number of esters is 1. The van der Waals surface area contributed by atoms with Crippen LogP contribution in [0, 0.1) is 11.8 Å². The summed E-state index contributed by atoms with van der Waals surface area (Å²) in [4.78, 5) is 33.1. The van der Waals surface area contributed by atoms with E-state index in [2.05, 4.69) is 11.9 Å². The number of nitrogen functional groups attached to an aromatic ring is 1. The summed E-state index contributed by atoms with van der Waals surface area (Å²) in [5.74, 6) is 0.445. The van der Waals surface area contributed by atoms with Crippen LogP contribution in [0.4, 0.5) is 11.5 Å². The molecule has 0 saturated heterocycles. The minimum absolute atomic E-state index is 0.0236. The van der Waals surface area contributed by atoms with Crippen molar-refractivity contribution in [3.8, 4) is 16.9 Å². The molecule has 0 spiro atoms. The van der Waals surface area contributed by atoms with Crippen LogP contribution >= 0.6 is 0 Å². The van der Waals surface area contributed by atoms with Gasteiger partial charge in [-0.2, -0.15) is 0 Å². The third-order valence-corrected chi connectivity index (χ3v) is 7.44. The fraction of sp³-hybridized carbons (Fsp3) is 0.400. The number of fused-ring (bicyclic) bond motifs is 1. The molecule has 1 aromatic carbocycles. The van der Waals surface area contributed by atoms with Crippen molar-refractivity contribution >= 4 is 29.0 Å². The third kappa shape index (κ3) is 5.39. The fourth-order valence-electron chi connectivity index (χ4n) is 5.27. The van der Waals surface area contributed by atoms with Crippen molar-refractivity contribution in [1.29, 1.82) is 0 Å². The van der Waals surface area contributed by atoms with E-state index in [1.165, 1.54) is 0 Å². The second-order valence-electron chi connectivity index (χ2n) is 10.7. The highest BCUT2D eigenvalue weighted by Crippen LogP contribution is 2.33. The van der Waals surface area contributed by atoms with Crippen molar-refractivity contribution in [1.82, 2.24) is 19.2 Å². The molecule has 0 atom stereocenters. The van der Waals surface area contributed by atoms with Gasteiger partial charge in [-0.15, -0.1) is 5.10 Å². The Labute approximate surface area is 228 Å². The quantitative estimate of drug-likeness (QED) is 0.317. The van der Waals surface area contributed by atoms with Crippen LogP contribution in [0.15, 0.2) is 55.0 Å². The number of carbonyl (C=O) groups excluding carboxylic acids is 2. The van der Waals surface area contributed by atoms with Crippen LogP contribution < -0.4 is 10.6 Å². The molecule has 1 aliphatic carbocycles. The number of aromatic nitrogens is 4. The summed E-state index contributed by atoms with van der Waals surface area (Å²) in [6, 6.07) is 11.3. The number of nitrogens with two attached hydrogens (primary N) is 1. The van der Waals surface area contributed by atoms with Gasteiger partial charge in [0.2, 0.25) is 5.91 Å². The van der Waals surface area contributed by atoms with Crippen molar-refractivity contribution in [3.63, 3.8) is 0 Å². The van der Waals surface area contributed by atoms with E-state index in [9.17, 15) is 9.59 Å². The lowest BCUT2D eigenvalue weighted by molar-refractivity contribution is -0.124. The number of hydrogen-bond donors (Lipinski definition) is 1. The largest absolute Gasteiger partial charge is 0.462 e. The van der Waals surface area contributed by atoms with E-state index in [4.69, 9.17) is 15.6 Å². The summed E-state index contributed by atoms with van der Waals surface area (Å²) in [6.07, 6.45) is 9.20. The third-order valence-electron chi connectivity index (χ3n) is 7.44. The Bertz CT molecular complexity index is 1480. The van der Waals surface area contributed by atoms with Crippen LogP contribution in [0.25, 0.3) is 22.6 Å². The monoisotopic (exact) mass is 528 g/mol. The summed E-state index contributed by atoms with van der Waals surface area (Å²) in [5, 5.41) is 4.77. The zero-order valence-electron chi connectivity index (χ0n) is 23.0. The summed E-state index contributed by atoms with van der Waals surface area (Å²) in [7, 11) is 0. The lowest BCUT2D eigenvalue weighted by Gasteiger charge is -2.32. The van der Waals surface area contributed by atoms with E-state index < -0.39 is 5.97 Å². The highest BCUT2D eigenvalue weighted by Gasteiger charge is 2.34. The van der Waals surface area contributed by atoms with Crippen LogP contribution in [-0.4, -0.2) is 43.7 Å². The molecule has 0 unspecified atom stereocenters. The molecule has 0 radical (unpaired) electrons. The number of carbonyl (C=O) groups is 2. The van der Waals surface area contributed by atoms with E-state index >= 15 is 0 Å². The molecule has 1 aliphatic rings. The molecule has 9 heteroatoms. The van der Waals surface area contributed by atoms with Gasteiger partial charge in [0, 0.05) is 41.8 Å². The summed E-state index contributed by atoms with van der Waals surface area (Å²) in [5.41, 5.74) is 10.2. The molecular formula is C30H36N6O3. The molecule has 9 nitrogen and oxygen atoms in total. The Balaban J connectivity index is 1.48. The van der Waals surface area contributed by atoms with Crippen LogP contribution in [0.3, 0.4) is 0 Å². The van der Waals surface area contributed by atoms with Gasteiger partial charge in [0.1, 0.15) is 11.2 Å². The van der Waals surface area contributed by atoms with Gasteiger partial charge >= 0.3 is 5.97 Å². The van der Waals surface area contributed by atoms with Gasteiger partial charge in [0.05, 0.1) is 18.0 Å². The van der Waals surface area contributed by atoms with E-state index in [0.29, 0.717) is 17.4 Å². The van der Waals surface area contributed by atoms with Gasteiger partial charge in [0.25, 0.3) is 0 Å². The maximum Gasteiger partial charge on any atom is 0.343 e. The molecule has 3 heterocycles. The van der Waals surface area contributed by atoms with Crippen LogP contribution in [0.1, 0.15) is 63.7 Å². The Morgan fingerprint density at radius 1 is 1.05 bits per heavy atom. The summed E-state index contributed by atoms with van der Waals surface area (Å²) >= 11 is 0. The smallest absolute Gasteiger partial charge is 0.343 e. The van der Waals surface area contributed by atoms with Crippen molar-refractivity contribution in [3.05, 3.63) is 60.6 Å². The first-order valence-corrected chi connectivity index (χ1v) is 13.7. The van der Waals surface area contributed by atoms with Gasteiger partial charge in [-0.1, -0.05) is 19.1 Å². The predicted octanol–water partition coefficient (Wildman–Crippen LogP) is 5.51. The number of amides is 1. The number of anilines is 2. The van der Waals surface area contributed by atoms with Crippen LogP contribution in [0.5, 0.6) is 0 Å². The maximum absolute atomic E-state index is 13.7. The van der Waals surface area contributed by atoms with Crippen molar-refractivity contribution in [2.24, 2.45) is 11.8 Å². The first-order chi connectivity index (χ1) is 18.7. The lowest BCUT2D eigenvalue weighted by Crippen LogP contribution is -2.43. The molecule has 1 amide bonds. The van der Waals surface area contributed by atoms with Crippen LogP contribution in [0.2, 0.25) is 0 Å². The number of ether oxygens (including phenoxy) is 1. The predicted molar refractivity (Wildman–Crippen MR) is 152 cm³/mol. The number of pyridine rings is 1. The van der Waals surface area contributed by atoms with Crippen molar-refractivity contribution < 1.29 is 14.3 Å².